The first-order valence-electron chi connectivity index (χ1n) is 8.74. The Labute approximate surface area is 143 Å². The van der Waals surface area contributed by atoms with E-state index in [-0.39, 0.29) is 5.41 Å². The number of carbonyl (C=O) groups excluding carboxylic acids is 1. The van der Waals surface area contributed by atoms with Crippen LogP contribution in [0.3, 0.4) is 0 Å². The third-order valence-electron chi connectivity index (χ3n) is 6.70. The summed E-state index contributed by atoms with van der Waals surface area (Å²) in [5.74, 6) is 2.06. The zero-order valence-electron chi connectivity index (χ0n) is 13.9. The average Bonchev–Trinajstić information content (AvgIpc) is 2.81. The van der Waals surface area contributed by atoms with Crippen LogP contribution >= 0.6 is 0 Å². The Balaban J connectivity index is 1.65. The summed E-state index contributed by atoms with van der Waals surface area (Å²) >= 11 is 0. The number of carbonyl (C=O) groups is 1. The van der Waals surface area contributed by atoms with Crippen molar-refractivity contribution in [2.24, 2.45) is 22.4 Å². The van der Waals surface area contributed by atoms with E-state index in [0.29, 0.717) is 29.2 Å². The molecule has 24 heavy (non-hydrogen) atoms. The van der Waals surface area contributed by atoms with Crippen molar-refractivity contribution in [1.82, 2.24) is 0 Å². The van der Waals surface area contributed by atoms with Crippen LogP contribution in [0.1, 0.15) is 56.1 Å². The number of anilines is 1. The monoisotopic (exact) mass is 348 g/mol. The van der Waals surface area contributed by atoms with Gasteiger partial charge in [0.15, 0.2) is 0 Å². The van der Waals surface area contributed by atoms with Crippen molar-refractivity contribution in [3.8, 4) is 0 Å². The van der Waals surface area contributed by atoms with Crippen LogP contribution in [0, 0.1) is 17.3 Å². The molecule has 0 aliphatic heterocycles. The van der Waals surface area contributed by atoms with Gasteiger partial charge in [-0.25, -0.2) is 5.14 Å². The van der Waals surface area contributed by atoms with Crippen molar-refractivity contribution in [2.45, 2.75) is 51.4 Å². The minimum atomic E-state index is -3.74. The fourth-order valence-corrected chi connectivity index (χ4v) is 6.04. The summed E-state index contributed by atoms with van der Waals surface area (Å²) < 4.78 is 24.8. The van der Waals surface area contributed by atoms with E-state index in [1.165, 1.54) is 11.1 Å². The van der Waals surface area contributed by atoms with E-state index < -0.39 is 10.2 Å². The standard InChI is InChI=1S/C18H24N2O3S/c1-18-9-8-14-13-5-3-12(20-24(19,22)23)10-11(13)2-4-15(14)16(18)6-7-17(18)21/h3,5,10,14-16,20H,2,4,6-9H2,1H3,(H2,19,22,23)/t14-,15-,16+,18+/m1/s1. The highest BCUT2D eigenvalue weighted by Gasteiger charge is 2.54. The van der Waals surface area contributed by atoms with Gasteiger partial charge in [0.05, 0.1) is 5.69 Å². The minimum Gasteiger partial charge on any atom is -0.299 e. The molecule has 3 aliphatic rings. The first kappa shape index (κ1) is 16.1. The lowest BCUT2D eigenvalue weighted by Gasteiger charge is -2.48. The molecule has 130 valence electrons. The number of Topliss-reactive ketones (excluding diaryl/α,β-unsaturated/α-hetero) is 1. The third-order valence-corrected chi connectivity index (χ3v) is 7.22. The largest absolute Gasteiger partial charge is 0.299 e. The number of hydrogen-bond acceptors (Lipinski definition) is 3. The van der Waals surface area contributed by atoms with E-state index >= 15 is 0 Å². The molecule has 5 nitrogen and oxygen atoms in total. The van der Waals surface area contributed by atoms with Gasteiger partial charge >= 0.3 is 0 Å². The van der Waals surface area contributed by atoms with Crippen LogP contribution < -0.4 is 9.86 Å². The Morgan fingerprint density at radius 3 is 2.75 bits per heavy atom. The van der Waals surface area contributed by atoms with Crippen LogP contribution in [0.25, 0.3) is 0 Å². The lowest BCUT2D eigenvalue weighted by Crippen LogP contribution is -2.42. The second-order valence-electron chi connectivity index (χ2n) is 7.89. The molecule has 3 N–H and O–H groups in total. The molecular weight excluding hydrogens is 324 g/mol. The molecule has 0 spiro atoms. The van der Waals surface area contributed by atoms with E-state index in [4.69, 9.17) is 5.14 Å². The van der Waals surface area contributed by atoms with E-state index in [2.05, 4.69) is 17.7 Å². The second kappa shape index (κ2) is 5.30. The second-order valence-corrected chi connectivity index (χ2v) is 9.19. The molecule has 0 unspecified atom stereocenters. The fourth-order valence-electron chi connectivity index (χ4n) is 5.58. The van der Waals surface area contributed by atoms with Gasteiger partial charge in [-0.1, -0.05) is 13.0 Å². The maximum absolute atomic E-state index is 12.4. The fraction of sp³-hybridized carbons (Fsp3) is 0.611. The Morgan fingerprint density at radius 2 is 2.00 bits per heavy atom. The molecule has 0 heterocycles. The number of nitrogens with one attached hydrogen (secondary N) is 1. The summed E-state index contributed by atoms with van der Waals surface area (Å²) in [6.45, 7) is 2.18. The molecule has 2 fully saturated rings. The molecule has 1 aromatic rings. The van der Waals surface area contributed by atoms with Crippen molar-refractivity contribution in [3.63, 3.8) is 0 Å². The third kappa shape index (κ3) is 2.47. The normalized spacial score (nSPS) is 35.1. The highest BCUT2D eigenvalue weighted by atomic mass is 32.2. The predicted molar refractivity (Wildman–Crippen MR) is 92.8 cm³/mol. The van der Waals surface area contributed by atoms with Gasteiger partial charge in [-0.2, -0.15) is 8.42 Å². The summed E-state index contributed by atoms with van der Waals surface area (Å²) in [5.41, 5.74) is 2.99. The summed E-state index contributed by atoms with van der Waals surface area (Å²) in [6.07, 6.45) is 5.85. The number of fused-ring (bicyclic) bond motifs is 5. The summed E-state index contributed by atoms with van der Waals surface area (Å²) in [5, 5.41) is 5.06. The Kier molecular flexibility index (Phi) is 3.55. The lowest BCUT2D eigenvalue weighted by atomic mass is 9.55. The number of ketones is 1. The molecule has 2 saturated carbocycles. The molecule has 1 aromatic carbocycles. The molecule has 6 heteroatoms. The number of rotatable bonds is 2. The number of nitrogens with two attached hydrogens (primary N) is 1. The zero-order chi connectivity index (χ0) is 17.1. The molecule has 0 saturated heterocycles. The van der Waals surface area contributed by atoms with E-state index in [1.807, 2.05) is 6.07 Å². The van der Waals surface area contributed by atoms with Gasteiger partial charge in [-0.05, 0) is 73.1 Å². The highest BCUT2D eigenvalue weighted by molar-refractivity contribution is 7.90. The van der Waals surface area contributed by atoms with Gasteiger partial charge < -0.3 is 0 Å². The molecule has 0 bridgehead atoms. The minimum absolute atomic E-state index is 0.103. The van der Waals surface area contributed by atoms with E-state index in [1.54, 1.807) is 6.07 Å². The highest BCUT2D eigenvalue weighted by Crippen LogP contribution is 2.59. The Hall–Kier alpha value is -1.40. The van der Waals surface area contributed by atoms with Gasteiger partial charge in [0.25, 0.3) is 10.2 Å². The van der Waals surface area contributed by atoms with Crippen LogP contribution in [0.4, 0.5) is 5.69 Å². The number of aryl methyl sites for hydroxylation is 1. The molecule has 0 aromatic heterocycles. The molecular formula is C18H24N2O3S. The molecule has 0 amide bonds. The summed E-state index contributed by atoms with van der Waals surface area (Å²) in [6, 6.07) is 5.78. The van der Waals surface area contributed by atoms with Gasteiger partial charge in [-0.3, -0.25) is 9.52 Å². The van der Waals surface area contributed by atoms with Gasteiger partial charge in [-0.15, -0.1) is 0 Å². The SMILES string of the molecule is C[C@]12CC[C@@H]3c4ccc(NS(N)(=O)=O)cc4CC[C@H]3[C@@H]1CCC2=O. The van der Waals surface area contributed by atoms with Gasteiger partial charge in [0.1, 0.15) is 5.78 Å². The smallest absolute Gasteiger partial charge is 0.296 e. The van der Waals surface area contributed by atoms with Crippen LogP contribution in [-0.2, 0) is 21.4 Å². The Bertz CT molecular complexity index is 804. The molecule has 4 rings (SSSR count). The maximum Gasteiger partial charge on any atom is 0.296 e. The first-order chi connectivity index (χ1) is 11.3. The number of benzene rings is 1. The Morgan fingerprint density at radius 1 is 1.21 bits per heavy atom. The molecule has 3 aliphatic carbocycles. The first-order valence-corrected chi connectivity index (χ1v) is 10.3. The zero-order valence-corrected chi connectivity index (χ0v) is 14.7. The summed E-state index contributed by atoms with van der Waals surface area (Å²) in [7, 11) is -3.74. The van der Waals surface area contributed by atoms with Crippen LogP contribution in [0.5, 0.6) is 0 Å². The van der Waals surface area contributed by atoms with Crippen LogP contribution in [0.2, 0.25) is 0 Å². The van der Waals surface area contributed by atoms with Crippen molar-refractivity contribution in [1.29, 1.82) is 0 Å². The molecule has 0 radical (unpaired) electrons. The molecule has 4 atom stereocenters. The topological polar surface area (TPSA) is 89.3 Å². The quantitative estimate of drug-likeness (QED) is 0.861. The number of hydrogen-bond donors (Lipinski definition) is 2. The van der Waals surface area contributed by atoms with Crippen molar-refractivity contribution < 1.29 is 13.2 Å². The van der Waals surface area contributed by atoms with Gasteiger partial charge in [0, 0.05) is 11.8 Å². The van der Waals surface area contributed by atoms with Gasteiger partial charge in [0.2, 0.25) is 0 Å². The maximum atomic E-state index is 12.4. The van der Waals surface area contributed by atoms with Crippen LogP contribution in [0.15, 0.2) is 18.2 Å². The lowest BCUT2D eigenvalue weighted by molar-refractivity contribution is -0.129. The predicted octanol–water partition coefficient (Wildman–Crippen LogP) is 2.73. The van der Waals surface area contributed by atoms with Crippen molar-refractivity contribution in [3.05, 3.63) is 29.3 Å². The van der Waals surface area contributed by atoms with Crippen molar-refractivity contribution in [2.75, 3.05) is 4.72 Å². The summed E-state index contributed by atoms with van der Waals surface area (Å²) in [4.78, 5) is 12.4. The van der Waals surface area contributed by atoms with Crippen molar-refractivity contribution >= 4 is 21.7 Å². The van der Waals surface area contributed by atoms with Crippen LogP contribution in [-0.4, -0.2) is 14.2 Å². The van der Waals surface area contributed by atoms with E-state index in [9.17, 15) is 13.2 Å². The van der Waals surface area contributed by atoms with E-state index in [0.717, 1.165) is 38.5 Å². The average molecular weight is 348 g/mol.